The van der Waals surface area contributed by atoms with Crippen molar-refractivity contribution in [3.05, 3.63) is 58.8 Å². The van der Waals surface area contributed by atoms with Gasteiger partial charge in [0, 0.05) is 17.3 Å². The number of thioether (sulfide) groups is 1. The van der Waals surface area contributed by atoms with E-state index in [0.29, 0.717) is 31.7 Å². The minimum atomic E-state index is -0.409. The van der Waals surface area contributed by atoms with E-state index in [-0.39, 0.29) is 5.91 Å². The number of fused-ring (bicyclic) bond motifs is 1. The van der Waals surface area contributed by atoms with Crippen LogP contribution in [0.5, 0.6) is 0 Å². The third-order valence-corrected chi connectivity index (χ3v) is 5.07. The highest BCUT2D eigenvalue weighted by Crippen LogP contribution is 2.27. The average Bonchev–Trinajstić information content (AvgIpc) is 3.23. The van der Waals surface area contributed by atoms with E-state index in [0.717, 1.165) is 5.56 Å². The number of aromatic nitrogens is 3. The summed E-state index contributed by atoms with van der Waals surface area (Å²) < 4.78 is 6.81. The van der Waals surface area contributed by atoms with Crippen molar-refractivity contribution in [2.45, 2.75) is 0 Å². The molecule has 3 heterocycles. The second-order valence-corrected chi connectivity index (χ2v) is 7.32. The van der Waals surface area contributed by atoms with E-state index in [1.807, 2.05) is 6.07 Å². The Morgan fingerprint density at radius 3 is 2.96 bits per heavy atom. The molecule has 3 aromatic rings. The molecule has 1 amide bonds. The Balaban J connectivity index is 1.77. The number of hydrogen-bond donors (Lipinski definition) is 1. The van der Waals surface area contributed by atoms with Crippen molar-refractivity contribution in [2.75, 3.05) is 7.11 Å². The van der Waals surface area contributed by atoms with Crippen LogP contribution < -0.4 is 5.32 Å². The summed E-state index contributed by atoms with van der Waals surface area (Å²) in [4.78, 5) is 28.8. The molecule has 0 spiro atoms. The summed E-state index contributed by atoms with van der Waals surface area (Å²) in [5.41, 5.74) is 3.18. The van der Waals surface area contributed by atoms with Crippen LogP contribution in [0.15, 0.2) is 47.6 Å². The molecule has 4 rings (SSSR count). The highest BCUT2D eigenvalue weighted by molar-refractivity contribution is 8.26. The topological polar surface area (TPSA) is 85.6 Å². The molecule has 0 aliphatic carbocycles. The van der Waals surface area contributed by atoms with Crippen molar-refractivity contribution < 1.29 is 14.3 Å². The van der Waals surface area contributed by atoms with Crippen molar-refractivity contribution in [1.29, 1.82) is 0 Å². The fraction of sp³-hybridized carbons (Fsp3) is 0.0556. The largest absolute Gasteiger partial charge is 0.465 e. The fourth-order valence-electron chi connectivity index (χ4n) is 2.63. The summed E-state index contributed by atoms with van der Waals surface area (Å²) in [6, 6.07) is 8.84. The molecule has 27 heavy (non-hydrogen) atoms. The monoisotopic (exact) mass is 396 g/mol. The number of ether oxygens (including phenoxy) is 1. The zero-order chi connectivity index (χ0) is 19.0. The van der Waals surface area contributed by atoms with E-state index >= 15 is 0 Å². The summed E-state index contributed by atoms with van der Waals surface area (Å²) in [6.07, 6.45) is 5.12. The minimum absolute atomic E-state index is 0.230. The number of methoxy groups -OCH3 is 1. The molecule has 1 N–H and O–H groups in total. The van der Waals surface area contributed by atoms with Gasteiger partial charge in [0.2, 0.25) is 0 Å². The first-order valence-corrected chi connectivity index (χ1v) is 9.05. The maximum absolute atomic E-state index is 11.9. The number of nitrogens with zero attached hydrogens (tertiary/aromatic N) is 3. The van der Waals surface area contributed by atoms with Crippen LogP contribution in [0.4, 0.5) is 0 Å². The number of amides is 1. The predicted octanol–water partition coefficient (Wildman–Crippen LogP) is 2.67. The third-order valence-electron chi connectivity index (χ3n) is 3.90. The molecule has 0 radical (unpaired) electrons. The predicted molar refractivity (Wildman–Crippen MR) is 106 cm³/mol. The molecule has 1 fully saturated rings. The molecule has 1 saturated heterocycles. The van der Waals surface area contributed by atoms with Gasteiger partial charge in [-0.3, -0.25) is 4.79 Å². The molecule has 134 valence electrons. The first-order valence-electron chi connectivity index (χ1n) is 7.83. The fourth-order valence-corrected chi connectivity index (χ4v) is 3.67. The van der Waals surface area contributed by atoms with E-state index in [2.05, 4.69) is 15.4 Å². The van der Waals surface area contributed by atoms with Crippen LogP contribution in [0.1, 0.15) is 15.9 Å². The lowest BCUT2D eigenvalue weighted by Gasteiger charge is -2.05. The molecule has 0 saturated carbocycles. The number of benzene rings is 1. The van der Waals surface area contributed by atoms with E-state index in [9.17, 15) is 9.59 Å². The van der Waals surface area contributed by atoms with Gasteiger partial charge < -0.3 is 10.1 Å². The number of hydrogen-bond acceptors (Lipinski definition) is 7. The molecule has 2 aromatic heterocycles. The lowest BCUT2D eigenvalue weighted by Crippen LogP contribution is -2.17. The molecule has 1 aliphatic rings. The Hall–Kier alpha value is -3.04. The third kappa shape index (κ3) is 3.34. The number of carbonyl (C=O) groups excluding carboxylic acids is 2. The van der Waals surface area contributed by atoms with Crippen molar-refractivity contribution in [3.63, 3.8) is 0 Å². The Labute approximate surface area is 163 Å². The summed E-state index contributed by atoms with van der Waals surface area (Å²) in [5.74, 6) is -0.640. The Kier molecular flexibility index (Phi) is 4.46. The van der Waals surface area contributed by atoms with Gasteiger partial charge >= 0.3 is 5.97 Å². The van der Waals surface area contributed by atoms with Crippen molar-refractivity contribution in [3.8, 4) is 11.3 Å². The Morgan fingerprint density at radius 1 is 1.37 bits per heavy atom. The molecule has 7 nitrogen and oxygen atoms in total. The van der Waals surface area contributed by atoms with Crippen LogP contribution in [0.2, 0.25) is 0 Å². The first-order chi connectivity index (χ1) is 13.0. The van der Waals surface area contributed by atoms with Crippen LogP contribution in [0.25, 0.3) is 23.0 Å². The molecule has 9 heteroatoms. The molecular formula is C18H12N4O3S2. The Bertz CT molecular complexity index is 1140. The van der Waals surface area contributed by atoms with Gasteiger partial charge in [0.15, 0.2) is 5.65 Å². The summed E-state index contributed by atoms with van der Waals surface area (Å²) in [5, 5.41) is 6.84. The molecule has 1 aliphatic heterocycles. The van der Waals surface area contributed by atoms with E-state index in [4.69, 9.17) is 17.0 Å². The highest BCUT2D eigenvalue weighted by atomic mass is 32.2. The van der Waals surface area contributed by atoms with Crippen LogP contribution in [0, 0.1) is 0 Å². The number of esters is 1. The maximum atomic E-state index is 11.9. The number of nitrogens with one attached hydrogen (secondary N) is 1. The summed E-state index contributed by atoms with van der Waals surface area (Å²) >= 11 is 6.21. The van der Waals surface area contributed by atoms with E-state index in [1.54, 1.807) is 47.3 Å². The van der Waals surface area contributed by atoms with Gasteiger partial charge in [-0.15, -0.1) is 0 Å². The lowest BCUT2D eigenvalue weighted by molar-refractivity contribution is -0.115. The first kappa shape index (κ1) is 17.4. The van der Waals surface area contributed by atoms with Gasteiger partial charge in [-0.05, 0) is 24.3 Å². The van der Waals surface area contributed by atoms with Crippen LogP contribution in [-0.2, 0) is 9.53 Å². The van der Waals surface area contributed by atoms with Gasteiger partial charge in [-0.25, -0.2) is 14.3 Å². The van der Waals surface area contributed by atoms with Gasteiger partial charge in [0.25, 0.3) is 5.91 Å². The molecular weight excluding hydrogens is 384 g/mol. The molecule has 0 unspecified atom stereocenters. The summed E-state index contributed by atoms with van der Waals surface area (Å²) in [7, 11) is 1.34. The van der Waals surface area contributed by atoms with Crippen LogP contribution in [-0.4, -0.2) is 37.9 Å². The van der Waals surface area contributed by atoms with E-state index in [1.165, 1.54) is 18.9 Å². The van der Waals surface area contributed by atoms with E-state index < -0.39 is 5.97 Å². The zero-order valence-corrected chi connectivity index (χ0v) is 15.6. The quantitative estimate of drug-likeness (QED) is 0.414. The smallest absolute Gasteiger partial charge is 0.337 e. The zero-order valence-electron chi connectivity index (χ0n) is 14.0. The van der Waals surface area contributed by atoms with Gasteiger partial charge in [-0.1, -0.05) is 36.1 Å². The SMILES string of the molecule is COC(=O)c1cccc(-c2ccn3ncc(/C=C4\SC(=S)NC4=O)c3n2)c1. The number of rotatable bonds is 3. The molecule has 0 bridgehead atoms. The van der Waals surface area contributed by atoms with Gasteiger partial charge in [0.05, 0.1) is 29.5 Å². The Morgan fingerprint density at radius 2 is 2.22 bits per heavy atom. The normalized spacial score (nSPS) is 15.4. The van der Waals surface area contributed by atoms with Crippen molar-refractivity contribution in [1.82, 2.24) is 19.9 Å². The second-order valence-electron chi connectivity index (χ2n) is 5.61. The average molecular weight is 396 g/mol. The van der Waals surface area contributed by atoms with Gasteiger partial charge in [-0.2, -0.15) is 5.10 Å². The number of thiocarbonyl (C=S) groups is 1. The number of carbonyl (C=O) groups is 2. The minimum Gasteiger partial charge on any atom is -0.465 e. The molecule has 0 atom stereocenters. The molecule has 1 aromatic carbocycles. The lowest BCUT2D eigenvalue weighted by atomic mass is 10.1. The van der Waals surface area contributed by atoms with Crippen LogP contribution >= 0.6 is 24.0 Å². The van der Waals surface area contributed by atoms with Gasteiger partial charge in [0.1, 0.15) is 4.32 Å². The van der Waals surface area contributed by atoms with Crippen molar-refractivity contribution >= 4 is 51.9 Å². The standard InChI is InChI=1S/C18H12N4O3S2/c1-25-17(24)11-4-2-3-10(7-11)13-5-6-22-15(20-13)12(9-19-22)8-14-16(23)21-18(26)27-14/h2-9H,1H3,(H,21,23,26)/b14-8-. The van der Waals surface area contributed by atoms with Crippen molar-refractivity contribution in [2.24, 2.45) is 0 Å². The van der Waals surface area contributed by atoms with Crippen LogP contribution in [0.3, 0.4) is 0 Å². The highest BCUT2D eigenvalue weighted by Gasteiger charge is 2.22. The summed E-state index contributed by atoms with van der Waals surface area (Å²) in [6.45, 7) is 0. The maximum Gasteiger partial charge on any atom is 0.337 e. The second kappa shape index (κ2) is 6.93.